The maximum absolute atomic E-state index is 10.8. The van der Waals surface area contributed by atoms with Crippen molar-refractivity contribution in [3.63, 3.8) is 0 Å². The number of nitrogens with zero attached hydrogens (tertiary/aromatic N) is 2. The van der Waals surface area contributed by atoms with Gasteiger partial charge in [0.2, 0.25) is 5.95 Å². The van der Waals surface area contributed by atoms with E-state index in [9.17, 15) is 4.79 Å². The molecule has 0 radical (unpaired) electrons. The summed E-state index contributed by atoms with van der Waals surface area (Å²) < 4.78 is 0. The van der Waals surface area contributed by atoms with Crippen LogP contribution >= 0.6 is 0 Å². The number of aliphatic carboxylic acids is 1. The third kappa shape index (κ3) is 2.29. The Morgan fingerprint density at radius 2 is 2.00 bits per heavy atom. The Kier molecular flexibility index (Phi) is 3.03. The van der Waals surface area contributed by atoms with Gasteiger partial charge in [0, 0.05) is 5.69 Å². The Hall–Kier alpha value is -1.65. The predicted molar refractivity (Wildman–Crippen MR) is 59.0 cm³/mol. The second kappa shape index (κ2) is 4.47. The molecule has 0 bridgehead atoms. The molecular weight excluding hydrogens is 206 g/mol. The fraction of sp³-hybridized carbons (Fsp3) is 0.545. The third-order valence-electron chi connectivity index (χ3n) is 2.85. The van der Waals surface area contributed by atoms with E-state index in [2.05, 4.69) is 9.97 Å². The first kappa shape index (κ1) is 10.9. The van der Waals surface area contributed by atoms with Crippen molar-refractivity contribution in [2.75, 3.05) is 5.73 Å². The summed E-state index contributed by atoms with van der Waals surface area (Å²) in [6.45, 7) is 0. The van der Waals surface area contributed by atoms with Gasteiger partial charge in [0.05, 0.1) is 12.1 Å². The first-order valence-corrected chi connectivity index (χ1v) is 5.53. The van der Waals surface area contributed by atoms with Crippen molar-refractivity contribution in [2.45, 2.75) is 38.5 Å². The van der Waals surface area contributed by atoms with Gasteiger partial charge in [-0.05, 0) is 31.2 Å². The molecule has 1 aliphatic rings. The fourth-order valence-electron chi connectivity index (χ4n) is 2.16. The predicted octanol–water partition coefficient (Wildman–Crippen LogP) is 0.955. The first-order chi connectivity index (χ1) is 7.66. The molecule has 0 aromatic carbocycles. The molecule has 0 saturated carbocycles. The molecular formula is C11H15N3O2. The largest absolute Gasteiger partial charge is 0.481 e. The molecule has 3 N–H and O–H groups in total. The molecule has 1 aliphatic carbocycles. The number of nitrogens with two attached hydrogens (primary N) is 1. The summed E-state index contributed by atoms with van der Waals surface area (Å²) in [7, 11) is 0. The van der Waals surface area contributed by atoms with Gasteiger partial charge in [-0.1, -0.05) is 6.42 Å². The highest BCUT2D eigenvalue weighted by atomic mass is 16.4. The number of nitrogen functional groups attached to an aromatic ring is 1. The van der Waals surface area contributed by atoms with E-state index in [0.717, 1.165) is 43.4 Å². The lowest BCUT2D eigenvalue weighted by Crippen LogP contribution is -2.12. The number of carboxylic acids is 1. The van der Waals surface area contributed by atoms with Crippen LogP contribution in [0.1, 0.15) is 36.2 Å². The molecule has 16 heavy (non-hydrogen) atoms. The molecule has 0 aliphatic heterocycles. The van der Waals surface area contributed by atoms with Crippen LogP contribution in [0.5, 0.6) is 0 Å². The molecule has 2 rings (SSSR count). The van der Waals surface area contributed by atoms with Crippen molar-refractivity contribution in [1.29, 1.82) is 0 Å². The van der Waals surface area contributed by atoms with Gasteiger partial charge < -0.3 is 10.8 Å². The van der Waals surface area contributed by atoms with Gasteiger partial charge in [-0.2, -0.15) is 0 Å². The van der Waals surface area contributed by atoms with Crippen molar-refractivity contribution in [2.24, 2.45) is 0 Å². The summed E-state index contributed by atoms with van der Waals surface area (Å²) in [5.74, 6) is -0.679. The molecule has 0 saturated heterocycles. The average Bonchev–Trinajstić information content (AvgIpc) is 2.41. The van der Waals surface area contributed by atoms with E-state index in [1.807, 2.05) is 0 Å². The minimum absolute atomic E-state index is 0.0605. The number of fused-ring (bicyclic) bond motifs is 1. The first-order valence-electron chi connectivity index (χ1n) is 5.53. The van der Waals surface area contributed by atoms with E-state index in [-0.39, 0.29) is 12.4 Å². The zero-order valence-electron chi connectivity index (χ0n) is 9.07. The highest BCUT2D eigenvalue weighted by Gasteiger charge is 2.17. The summed E-state index contributed by atoms with van der Waals surface area (Å²) >= 11 is 0. The molecule has 0 spiro atoms. The van der Waals surface area contributed by atoms with E-state index in [1.54, 1.807) is 0 Å². The number of carbonyl (C=O) groups is 1. The molecule has 0 atom stereocenters. The lowest BCUT2D eigenvalue weighted by atomic mass is 10.0. The van der Waals surface area contributed by atoms with Crippen LogP contribution in [-0.2, 0) is 24.1 Å². The zero-order valence-corrected chi connectivity index (χ0v) is 9.07. The topological polar surface area (TPSA) is 89.1 Å². The molecule has 0 unspecified atom stereocenters. The number of anilines is 1. The highest BCUT2D eigenvalue weighted by molar-refractivity contribution is 5.70. The SMILES string of the molecule is Nc1nc2c(c(CC(=O)O)n1)CCCCC2. The van der Waals surface area contributed by atoms with Gasteiger partial charge in [0.1, 0.15) is 0 Å². The molecule has 0 fully saturated rings. The number of hydrogen-bond donors (Lipinski definition) is 2. The lowest BCUT2D eigenvalue weighted by Gasteiger charge is -2.10. The Balaban J connectivity index is 2.42. The summed E-state index contributed by atoms with van der Waals surface area (Å²) in [6, 6.07) is 0. The van der Waals surface area contributed by atoms with Gasteiger partial charge >= 0.3 is 5.97 Å². The molecule has 5 heteroatoms. The number of aromatic nitrogens is 2. The lowest BCUT2D eigenvalue weighted by molar-refractivity contribution is -0.136. The van der Waals surface area contributed by atoms with Gasteiger partial charge in [-0.25, -0.2) is 9.97 Å². The van der Waals surface area contributed by atoms with Gasteiger partial charge in [-0.15, -0.1) is 0 Å². The quantitative estimate of drug-likeness (QED) is 0.726. The Morgan fingerprint density at radius 3 is 2.75 bits per heavy atom. The van der Waals surface area contributed by atoms with Crippen LogP contribution in [0.25, 0.3) is 0 Å². The van der Waals surface area contributed by atoms with Crippen LogP contribution in [-0.4, -0.2) is 21.0 Å². The van der Waals surface area contributed by atoms with Crippen LogP contribution in [0.4, 0.5) is 5.95 Å². The molecule has 0 amide bonds. The molecule has 86 valence electrons. The number of hydrogen-bond acceptors (Lipinski definition) is 4. The van der Waals surface area contributed by atoms with E-state index in [1.165, 1.54) is 0 Å². The van der Waals surface area contributed by atoms with Crippen LogP contribution < -0.4 is 5.73 Å². The number of aryl methyl sites for hydroxylation is 1. The summed E-state index contributed by atoms with van der Waals surface area (Å²) in [5, 5.41) is 8.83. The normalized spacial score (nSPS) is 15.2. The summed E-state index contributed by atoms with van der Waals surface area (Å²) in [5.41, 5.74) is 8.14. The highest BCUT2D eigenvalue weighted by Crippen LogP contribution is 2.22. The Labute approximate surface area is 93.7 Å². The maximum Gasteiger partial charge on any atom is 0.309 e. The Morgan fingerprint density at radius 1 is 1.25 bits per heavy atom. The van der Waals surface area contributed by atoms with E-state index >= 15 is 0 Å². The summed E-state index contributed by atoms with van der Waals surface area (Å²) in [6.07, 6.45) is 5.02. The van der Waals surface area contributed by atoms with E-state index in [4.69, 9.17) is 10.8 Å². The molecule has 1 heterocycles. The minimum Gasteiger partial charge on any atom is -0.481 e. The molecule has 5 nitrogen and oxygen atoms in total. The zero-order chi connectivity index (χ0) is 11.5. The van der Waals surface area contributed by atoms with E-state index < -0.39 is 5.97 Å². The van der Waals surface area contributed by atoms with Crippen molar-refractivity contribution in [1.82, 2.24) is 9.97 Å². The van der Waals surface area contributed by atoms with Crippen molar-refractivity contribution in [3.8, 4) is 0 Å². The van der Waals surface area contributed by atoms with Crippen molar-refractivity contribution >= 4 is 11.9 Å². The second-order valence-electron chi connectivity index (χ2n) is 4.08. The molecule has 1 aromatic rings. The minimum atomic E-state index is -0.871. The van der Waals surface area contributed by atoms with Gasteiger partial charge in [0.25, 0.3) is 0 Å². The van der Waals surface area contributed by atoms with Crippen molar-refractivity contribution < 1.29 is 9.90 Å². The van der Waals surface area contributed by atoms with Crippen LogP contribution in [0.3, 0.4) is 0 Å². The fourth-order valence-corrected chi connectivity index (χ4v) is 2.16. The molecule has 1 aromatic heterocycles. The van der Waals surface area contributed by atoms with Gasteiger partial charge in [0.15, 0.2) is 0 Å². The second-order valence-corrected chi connectivity index (χ2v) is 4.08. The number of carboxylic acid groups (broad SMARTS) is 1. The summed E-state index contributed by atoms with van der Waals surface area (Å²) in [4.78, 5) is 19.0. The monoisotopic (exact) mass is 221 g/mol. The van der Waals surface area contributed by atoms with Crippen LogP contribution in [0.2, 0.25) is 0 Å². The van der Waals surface area contributed by atoms with Gasteiger partial charge in [-0.3, -0.25) is 4.79 Å². The smallest absolute Gasteiger partial charge is 0.309 e. The number of rotatable bonds is 2. The van der Waals surface area contributed by atoms with Crippen LogP contribution in [0.15, 0.2) is 0 Å². The standard InChI is InChI=1S/C11H15N3O2/c12-11-13-8-5-3-1-2-4-7(8)9(14-11)6-10(15)16/h1-6H2,(H,15,16)(H2,12,13,14). The van der Waals surface area contributed by atoms with Crippen molar-refractivity contribution in [3.05, 3.63) is 17.0 Å². The average molecular weight is 221 g/mol. The maximum atomic E-state index is 10.8. The van der Waals surface area contributed by atoms with Crippen LogP contribution in [0, 0.1) is 0 Å². The van der Waals surface area contributed by atoms with E-state index in [0.29, 0.717) is 5.69 Å². The third-order valence-corrected chi connectivity index (χ3v) is 2.85. The Bertz CT molecular complexity index is 418.